The fourth-order valence-electron chi connectivity index (χ4n) is 1.75. The van der Waals surface area contributed by atoms with Crippen molar-refractivity contribution in [2.24, 2.45) is 0 Å². The lowest BCUT2D eigenvalue weighted by molar-refractivity contribution is 0.0977. The first kappa shape index (κ1) is 14.8. The predicted molar refractivity (Wildman–Crippen MR) is 83.0 cm³/mol. The molecule has 0 aliphatic rings. The normalized spacial score (nSPS) is 9.76. The smallest absolute Gasteiger partial charge is 0.257 e. The molecule has 0 saturated heterocycles. The molecule has 1 heterocycles. The lowest BCUT2D eigenvalue weighted by atomic mass is 10.2. The molecule has 21 heavy (non-hydrogen) atoms. The average Bonchev–Trinajstić information content (AvgIpc) is 2.73. The number of benzene rings is 1. The van der Waals surface area contributed by atoms with Crippen molar-refractivity contribution in [3.63, 3.8) is 0 Å². The second-order valence-electron chi connectivity index (χ2n) is 4.37. The van der Waals surface area contributed by atoms with E-state index in [0.717, 1.165) is 5.56 Å². The van der Waals surface area contributed by atoms with Crippen LogP contribution >= 0.6 is 12.2 Å². The maximum atomic E-state index is 11.9. The lowest BCUT2D eigenvalue weighted by Crippen LogP contribution is -2.34. The number of furan rings is 1. The summed E-state index contributed by atoms with van der Waals surface area (Å²) in [5.74, 6) is 0.545. The molecular weight excluding hydrogens is 286 g/mol. The van der Waals surface area contributed by atoms with Crippen LogP contribution in [0.25, 0.3) is 0 Å². The molecule has 0 fully saturated rings. The lowest BCUT2D eigenvalue weighted by Gasteiger charge is -2.07. The van der Waals surface area contributed by atoms with Gasteiger partial charge in [0.25, 0.3) is 5.91 Å². The van der Waals surface area contributed by atoms with Gasteiger partial charge in [0, 0.05) is 11.1 Å². The van der Waals surface area contributed by atoms with E-state index < -0.39 is 0 Å². The van der Waals surface area contributed by atoms with Crippen molar-refractivity contribution in [1.29, 1.82) is 5.26 Å². The minimum Gasteiger partial charge on any atom is -0.444 e. The Morgan fingerprint density at radius 3 is 2.57 bits per heavy atom. The van der Waals surface area contributed by atoms with E-state index in [1.165, 1.54) is 0 Å². The molecule has 5 nitrogen and oxygen atoms in total. The summed E-state index contributed by atoms with van der Waals surface area (Å²) in [6.45, 7) is 3.54. The monoisotopic (exact) mass is 299 g/mol. The summed E-state index contributed by atoms with van der Waals surface area (Å²) in [5.41, 5.74) is 1.62. The molecule has 1 aromatic heterocycles. The van der Waals surface area contributed by atoms with Gasteiger partial charge in [-0.25, -0.2) is 0 Å². The molecule has 0 saturated carbocycles. The Bertz CT molecular complexity index is 729. The Morgan fingerprint density at radius 2 is 1.95 bits per heavy atom. The summed E-state index contributed by atoms with van der Waals surface area (Å²) in [6.07, 6.45) is 0. The SMILES string of the molecule is Cc1oc(NC(=S)NC(=O)c2ccccc2)c(C#N)c1C. The molecular formula is C15H13N3O2S. The van der Waals surface area contributed by atoms with E-state index in [9.17, 15) is 4.79 Å². The molecule has 2 aromatic rings. The van der Waals surface area contributed by atoms with Crippen molar-refractivity contribution in [2.45, 2.75) is 13.8 Å². The number of anilines is 1. The van der Waals surface area contributed by atoms with Crippen LogP contribution in [0.3, 0.4) is 0 Å². The Kier molecular flexibility index (Phi) is 4.36. The minimum atomic E-state index is -0.327. The van der Waals surface area contributed by atoms with Gasteiger partial charge in [0.05, 0.1) is 0 Å². The van der Waals surface area contributed by atoms with E-state index in [4.69, 9.17) is 21.9 Å². The molecule has 0 aliphatic carbocycles. The molecule has 1 aromatic carbocycles. The third-order valence-corrected chi connectivity index (χ3v) is 3.19. The summed E-state index contributed by atoms with van der Waals surface area (Å²) in [7, 11) is 0. The van der Waals surface area contributed by atoms with E-state index in [1.807, 2.05) is 12.1 Å². The van der Waals surface area contributed by atoms with Crippen molar-refractivity contribution in [1.82, 2.24) is 5.32 Å². The molecule has 6 heteroatoms. The number of thiocarbonyl (C=S) groups is 1. The van der Waals surface area contributed by atoms with Crippen molar-refractivity contribution >= 4 is 29.1 Å². The van der Waals surface area contributed by atoms with Crippen LogP contribution in [0.15, 0.2) is 34.7 Å². The fourth-order valence-corrected chi connectivity index (χ4v) is 1.93. The van der Waals surface area contributed by atoms with Crippen LogP contribution in [-0.4, -0.2) is 11.0 Å². The molecule has 0 radical (unpaired) electrons. The van der Waals surface area contributed by atoms with Crippen LogP contribution < -0.4 is 10.6 Å². The van der Waals surface area contributed by atoms with Crippen LogP contribution in [0.2, 0.25) is 0 Å². The second-order valence-corrected chi connectivity index (χ2v) is 4.78. The van der Waals surface area contributed by atoms with Crippen molar-refractivity contribution in [3.05, 3.63) is 52.8 Å². The van der Waals surface area contributed by atoms with E-state index in [1.54, 1.807) is 38.1 Å². The molecule has 106 valence electrons. The maximum Gasteiger partial charge on any atom is 0.257 e. The molecule has 0 aliphatic heterocycles. The van der Waals surface area contributed by atoms with Crippen molar-refractivity contribution in [2.75, 3.05) is 5.32 Å². The quantitative estimate of drug-likeness (QED) is 0.834. The first-order valence-electron chi connectivity index (χ1n) is 6.20. The fraction of sp³-hybridized carbons (Fsp3) is 0.133. The number of rotatable bonds is 2. The van der Waals surface area contributed by atoms with E-state index in [-0.39, 0.29) is 16.9 Å². The zero-order valence-corrected chi connectivity index (χ0v) is 12.4. The topological polar surface area (TPSA) is 78.1 Å². The summed E-state index contributed by atoms with van der Waals surface area (Å²) in [5, 5.41) is 14.5. The molecule has 0 unspecified atom stereocenters. The maximum absolute atomic E-state index is 11.9. The number of carbonyl (C=O) groups excluding carboxylic acids is 1. The molecule has 0 atom stereocenters. The highest BCUT2D eigenvalue weighted by atomic mass is 32.1. The number of hydrogen-bond donors (Lipinski definition) is 2. The average molecular weight is 299 g/mol. The van der Waals surface area contributed by atoms with E-state index in [2.05, 4.69) is 10.6 Å². The largest absolute Gasteiger partial charge is 0.444 e. The van der Waals surface area contributed by atoms with Gasteiger partial charge in [0.2, 0.25) is 5.88 Å². The number of nitrogens with one attached hydrogen (secondary N) is 2. The van der Waals surface area contributed by atoms with Crippen molar-refractivity contribution < 1.29 is 9.21 Å². The molecule has 0 spiro atoms. The Morgan fingerprint density at radius 1 is 1.29 bits per heavy atom. The van der Waals surface area contributed by atoms with Gasteiger partial charge in [-0.3, -0.25) is 10.1 Å². The Hall–Kier alpha value is -2.65. The summed E-state index contributed by atoms with van der Waals surface area (Å²) >= 11 is 5.06. The summed E-state index contributed by atoms with van der Waals surface area (Å²) < 4.78 is 5.42. The first-order chi connectivity index (χ1) is 10.0. The summed E-state index contributed by atoms with van der Waals surface area (Å²) in [4.78, 5) is 11.9. The summed E-state index contributed by atoms with van der Waals surface area (Å²) in [6, 6.07) is 10.8. The highest BCUT2D eigenvalue weighted by Crippen LogP contribution is 2.25. The van der Waals surface area contributed by atoms with Gasteiger partial charge in [0.15, 0.2) is 5.11 Å². The van der Waals surface area contributed by atoms with Crippen LogP contribution in [-0.2, 0) is 0 Å². The van der Waals surface area contributed by atoms with Crippen molar-refractivity contribution in [3.8, 4) is 6.07 Å². The zero-order valence-electron chi connectivity index (χ0n) is 11.6. The number of hydrogen-bond acceptors (Lipinski definition) is 4. The number of nitriles is 1. The van der Waals surface area contributed by atoms with Crippen LogP contribution in [0, 0.1) is 25.2 Å². The van der Waals surface area contributed by atoms with Crippen LogP contribution in [0.1, 0.15) is 27.2 Å². The van der Waals surface area contributed by atoms with Gasteiger partial charge >= 0.3 is 0 Å². The van der Waals surface area contributed by atoms with Gasteiger partial charge in [0.1, 0.15) is 17.4 Å². The van der Waals surface area contributed by atoms with E-state index >= 15 is 0 Å². The molecule has 2 rings (SSSR count). The number of carbonyl (C=O) groups is 1. The van der Waals surface area contributed by atoms with Crippen LogP contribution in [0.5, 0.6) is 0 Å². The third kappa shape index (κ3) is 3.27. The molecule has 0 bridgehead atoms. The Balaban J connectivity index is 2.08. The molecule has 2 N–H and O–H groups in total. The van der Waals surface area contributed by atoms with Gasteiger partial charge in [-0.05, 0) is 38.2 Å². The van der Waals surface area contributed by atoms with Gasteiger partial charge < -0.3 is 9.73 Å². The highest BCUT2D eigenvalue weighted by Gasteiger charge is 2.16. The third-order valence-electron chi connectivity index (χ3n) is 2.99. The standard InChI is InChI=1S/C15H13N3O2S/c1-9-10(2)20-14(12(9)8-16)18-15(21)17-13(19)11-6-4-3-5-7-11/h3-7H,1-2H3,(H2,17,18,19,21). The number of amides is 1. The minimum absolute atomic E-state index is 0.0779. The number of aryl methyl sites for hydroxylation is 1. The van der Waals surface area contributed by atoms with Crippen LogP contribution in [0.4, 0.5) is 5.88 Å². The van der Waals surface area contributed by atoms with Gasteiger partial charge in [-0.1, -0.05) is 18.2 Å². The van der Waals surface area contributed by atoms with Gasteiger partial charge in [-0.2, -0.15) is 5.26 Å². The predicted octanol–water partition coefficient (Wildman–Crippen LogP) is 2.89. The Labute approximate surface area is 127 Å². The second kappa shape index (κ2) is 6.20. The zero-order chi connectivity index (χ0) is 15.4. The van der Waals surface area contributed by atoms with E-state index in [0.29, 0.717) is 16.9 Å². The molecule has 1 amide bonds. The first-order valence-corrected chi connectivity index (χ1v) is 6.61. The number of nitrogens with zero attached hydrogens (tertiary/aromatic N) is 1. The van der Waals surface area contributed by atoms with Gasteiger partial charge in [-0.15, -0.1) is 0 Å². The highest BCUT2D eigenvalue weighted by molar-refractivity contribution is 7.80.